The van der Waals surface area contributed by atoms with Crippen molar-refractivity contribution in [3.05, 3.63) is 29.8 Å². The Morgan fingerprint density at radius 3 is 2.37 bits per heavy atom. The fourth-order valence-electron chi connectivity index (χ4n) is 2.18. The van der Waals surface area contributed by atoms with Crippen molar-refractivity contribution in [1.29, 1.82) is 0 Å². The maximum atomic E-state index is 5.76. The molecule has 0 saturated heterocycles. The van der Waals surface area contributed by atoms with E-state index in [9.17, 15) is 0 Å². The van der Waals surface area contributed by atoms with Gasteiger partial charge in [0.2, 0.25) is 0 Å². The van der Waals surface area contributed by atoms with E-state index in [-0.39, 0.29) is 0 Å². The van der Waals surface area contributed by atoms with Crippen molar-refractivity contribution in [3.8, 4) is 5.75 Å². The van der Waals surface area contributed by atoms with Crippen LogP contribution in [0.2, 0.25) is 0 Å². The van der Waals surface area contributed by atoms with Gasteiger partial charge < -0.3 is 10.1 Å². The third kappa shape index (κ3) is 5.65. The second-order valence-electron chi connectivity index (χ2n) is 6.32. The zero-order valence-corrected chi connectivity index (χ0v) is 12.5. The van der Waals surface area contributed by atoms with Gasteiger partial charge in [-0.05, 0) is 61.9 Å². The number of hydrogen-bond donors (Lipinski definition) is 1. The highest BCUT2D eigenvalue weighted by Crippen LogP contribution is 2.26. The Bertz CT molecular complexity index is 367. The van der Waals surface area contributed by atoms with Gasteiger partial charge in [-0.3, -0.25) is 0 Å². The second-order valence-corrected chi connectivity index (χ2v) is 6.32. The highest BCUT2D eigenvalue weighted by Gasteiger charge is 2.23. The molecule has 2 rings (SSSR count). The molecule has 1 saturated carbocycles. The molecule has 1 aromatic rings. The first kappa shape index (κ1) is 14.4. The van der Waals surface area contributed by atoms with Crippen molar-refractivity contribution in [1.82, 2.24) is 5.32 Å². The molecule has 2 heteroatoms. The summed E-state index contributed by atoms with van der Waals surface area (Å²) in [6.45, 7) is 9.01. The van der Waals surface area contributed by atoms with Gasteiger partial charge in [-0.25, -0.2) is 0 Å². The largest absolute Gasteiger partial charge is 0.490 e. The number of nitrogens with one attached hydrogen (secondary N) is 1. The van der Waals surface area contributed by atoms with E-state index >= 15 is 0 Å². The molecule has 0 heterocycles. The lowest BCUT2D eigenvalue weighted by molar-refractivity contribution is 0.303. The average Bonchev–Trinajstić information content (AvgIpc) is 3.15. The summed E-state index contributed by atoms with van der Waals surface area (Å²) < 4.78 is 5.76. The van der Waals surface area contributed by atoms with Crippen molar-refractivity contribution >= 4 is 0 Å². The summed E-state index contributed by atoms with van der Waals surface area (Å²) in [5.74, 6) is 2.43. The zero-order valence-electron chi connectivity index (χ0n) is 12.5. The van der Waals surface area contributed by atoms with Crippen LogP contribution in [-0.2, 0) is 6.42 Å². The molecule has 0 bridgehead atoms. The summed E-state index contributed by atoms with van der Waals surface area (Å²) in [6.07, 6.45) is 4.07. The molecule has 1 fully saturated rings. The quantitative estimate of drug-likeness (QED) is 0.771. The first-order chi connectivity index (χ1) is 9.13. The Morgan fingerprint density at radius 2 is 1.79 bits per heavy atom. The molecule has 1 aliphatic rings. The van der Waals surface area contributed by atoms with Gasteiger partial charge in [0.15, 0.2) is 0 Å². The van der Waals surface area contributed by atoms with Crippen LogP contribution < -0.4 is 10.1 Å². The standard InChI is InChI=1S/C17H27NO/c1-13(2)11-18-12-14(3)10-15-4-6-16(7-5-15)19-17-8-9-17/h4-7,13-14,17-18H,8-12H2,1-3H3. The molecule has 0 aromatic heterocycles. The number of benzene rings is 1. The van der Waals surface area contributed by atoms with Crippen LogP contribution in [0.25, 0.3) is 0 Å². The lowest BCUT2D eigenvalue weighted by Crippen LogP contribution is -2.26. The van der Waals surface area contributed by atoms with Crippen LogP contribution in [0.5, 0.6) is 5.75 Å². The Labute approximate surface area is 117 Å². The maximum absolute atomic E-state index is 5.76. The van der Waals surface area contributed by atoms with E-state index in [0.29, 0.717) is 12.0 Å². The number of rotatable bonds is 8. The summed E-state index contributed by atoms with van der Waals surface area (Å²) in [7, 11) is 0. The Morgan fingerprint density at radius 1 is 1.11 bits per heavy atom. The van der Waals surface area contributed by atoms with E-state index < -0.39 is 0 Å². The predicted molar refractivity (Wildman–Crippen MR) is 80.7 cm³/mol. The monoisotopic (exact) mass is 261 g/mol. The topological polar surface area (TPSA) is 21.3 Å². The van der Waals surface area contributed by atoms with Crippen LogP contribution in [-0.4, -0.2) is 19.2 Å². The van der Waals surface area contributed by atoms with Crippen molar-refractivity contribution in [3.63, 3.8) is 0 Å². The van der Waals surface area contributed by atoms with E-state index in [1.54, 1.807) is 0 Å². The van der Waals surface area contributed by atoms with Gasteiger partial charge in [0.25, 0.3) is 0 Å². The molecule has 1 atom stereocenters. The molecule has 0 aliphatic heterocycles. The summed E-state index contributed by atoms with van der Waals surface area (Å²) >= 11 is 0. The van der Waals surface area contributed by atoms with Gasteiger partial charge in [0.05, 0.1) is 6.10 Å². The molecule has 106 valence electrons. The molecule has 1 N–H and O–H groups in total. The maximum Gasteiger partial charge on any atom is 0.119 e. The van der Waals surface area contributed by atoms with Crippen LogP contribution in [0.3, 0.4) is 0 Å². The van der Waals surface area contributed by atoms with Crippen molar-refractivity contribution in [2.45, 2.75) is 46.1 Å². The first-order valence-corrected chi connectivity index (χ1v) is 7.60. The highest BCUT2D eigenvalue weighted by molar-refractivity contribution is 5.28. The Kier molecular flexibility index (Phi) is 5.26. The van der Waals surface area contributed by atoms with Crippen LogP contribution >= 0.6 is 0 Å². The van der Waals surface area contributed by atoms with Crippen LogP contribution in [0.15, 0.2) is 24.3 Å². The first-order valence-electron chi connectivity index (χ1n) is 7.60. The second kappa shape index (κ2) is 6.95. The van der Waals surface area contributed by atoms with Crippen molar-refractivity contribution < 1.29 is 4.74 Å². The highest BCUT2D eigenvalue weighted by atomic mass is 16.5. The van der Waals surface area contributed by atoms with E-state index in [1.165, 1.54) is 18.4 Å². The molecule has 0 radical (unpaired) electrons. The molecular weight excluding hydrogens is 234 g/mol. The Hall–Kier alpha value is -1.02. The van der Waals surface area contributed by atoms with Gasteiger partial charge in [0.1, 0.15) is 5.75 Å². The van der Waals surface area contributed by atoms with Gasteiger partial charge in [-0.1, -0.05) is 32.9 Å². The summed E-state index contributed by atoms with van der Waals surface area (Å²) in [5.41, 5.74) is 1.40. The summed E-state index contributed by atoms with van der Waals surface area (Å²) in [5, 5.41) is 3.53. The van der Waals surface area contributed by atoms with Crippen molar-refractivity contribution in [2.75, 3.05) is 13.1 Å². The Balaban J connectivity index is 1.71. The molecule has 1 aliphatic carbocycles. The minimum Gasteiger partial charge on any atom is -0.490 e. The van der Waals surface area contributed by atoms with E-state index in [1.807, 2.05) is 0 Å². The third-order valence-electron chi connectivity index (χ3n) is 3.38. The zero-order chi connectivity index (χ0) is 13.7. The van der Waals surface area contributed by atoms with E-state index in [2.05, 4.69) is 50.4 Å². The molecule has 2 nitrogen and oxygen atoms in total. The normalized spacial score (nSPS) is 16.6. The third-order valence-corrected chi connectivity index (χ3v) is 3.38. The molecule has 1 aromatic carbocycles. The molecule has 19 heavy (non-hydrogen) atoms. The lowest BCUT2D eigenvalue weighted by atomic mass is 10.0. The molecule has 0 spiro atoms. The smallest absolute Gasteiger partial charge is 0.119 e. The molecular formula is C17H27NO. The van der Waals surface area contributed by atoms with Gasteiger partial charge in [-0.15, -0.1) is 0 Å². The summed E-state index contributed by atoms with van der Waals surface area (Å²) in [4.78, 5) is 0. The van der Waals surface area contributed by atoms with Gasteiger partial charge >= 0.3 is 0 Å². The van der Waals surface area contributed by atoms with Gasteiger partial charge in [0, 0.05) is 0 Å². The minimum absolute atomic E-state index is 0.491. The van der Waals surface area contributed by atoms with E-state index in [0.717, 1.165) is 31.2 Å². The van der Waals surface area contributed by atoms with Gasteiger partial charge in [-0.2, -0.15) is 0 Å². The predicted octanol–water partition coefficient (Wildman–Crippen LogP) is 3.65. The lowest BCUT2D eigenvalue weighted by Gasteiger charge is -2.14. The average molecular weight is 261 g/mol. The minimum atomic E-state index is 0.491. The SMILES string of the molecule is CC(C)CNCC(C)Cc1ccc(OC2CC2)cc1. The van der Waals surface area contributed by atoms with Crippen LogP contribution in [0, 0.1) is 11.8 Å². The number of ether oxygens (including phenoxy) is 1. The van der Waals surface area contributed by atoms with E-state index in [4.69, 9.17) is 4.74 Å². The summed E-state index contributed by atoms with van der Waals surface area (Å²) in [6, 6.07) is 8.64. The molecule has 0 amide bonds. The van der Waals surface area contributed by atoms with Crippen LogP contribution in [0.4, 0.5) is 0 Å². The number of hydrogen-bond acceptors (Lipinski definition) is 2. The fraction of sp³-hybridized carbons (Fsp3) is 0.647. The van der Waals surface area contributed by atoms with Crippen molar-refractivity contribution in [2.24, 2.45) is 11.8 Å². The molecule has 1 unspecified atom stereocenters. The fourth-order valence-corrected chi connectivity index (χ4v) is 2.18. The van der Waals surface area contributed by atoms with Crippen LogP contribution in [0.1, 0.15) is 39.2 Å².